The highest BCUT2D eigenvalue weighted by atomic mass is 32.2. The van der Waals surface area contributed by atoms with Crippen molar-refractivity contribution in [3.05, 3.63) is 119 Å². The topological polar surface area (TPSA) is 131 Å². The van der Waals surface area contributed by atoms with E-state index < -0.39 is 17.1 Å². The molecule has 4 aromatic carbocycles. The lowest BCUT2D eigenvalue weighted by molar-refractivity contribution is -0.121. The summed E-state index contributed by atoms with van der Waals surface area (Å²) in [5.41, 5.74) is 2.20. The normalized spacial score (nSPS) is 14.5. The van der Waals surface area contributed by atoms with E-state index in [0.29, 0.717) is 39.6 Å². The molecule has 238 valence electrons. The summed E-state index contributed by atoms with van der Waals surface area (Å²) < 4.78 is 10.8. The molecule has 0 aromatic heterocycles. The first-order valence-corrected chi connectivity index (χ1v) is 15.4. The smallest absolute Gasteiger partial charge is 0.272 e. The molecule has 0 aliphatic carbocycles. The number of methoxy groups -OCH3 is 2. The fraction of sp³-hybridized carbons (Fsp3) is 0.139. The number of Topliss-reactive ketones (excluding diaryl/α,β-unsaturated/α-hetero) is 1. The minimum atomic E-state index is -0.629. The van der Waals surface area contributed by atoms with Crippen LogP contribution in [0.25, 0.3) is 6.08 Å². The summed E-state index contributed by atoms with van der Waals surface area (Å²) in [6.07, 6.45) is 1.53. The van der Waals surface area contributed by atoms with E-state index in [1.54, 1.807) is 97.1 Å². The summed E-state index contributed by atoms with van der Waals surface area (Å²) in [5, 5.41) is 4.88. The lowest BCUT2D eigenvalue weighted by Crippen LogP contribution is -2.31. The summed E-state index contributed by atoms with van der Waals surface area (Å²) >= 11 is 1.25. The van der Waals surface area contributed by atoms with Gasteiger partial charge in [0.15, 0.2) is 5.78 Å². The second-order valence-corrected chi connectivity index (χ2v) is 11.7. The number of amides is 4. The first-order chi connectivity index (χ1) is 22.7. The maximum atomic E-state index is 13.5. The predicted octanol–water partition coefficient (Wildman–Crippen LogP) is 5.74. The molecule has 0 spiro atoms. The summed E-state index contributed by atoms with van der Waals surface area (Å²) in [7, 11) is 3.02. The third-order valence-electron chi connectivity index (χ3n) is 7.29. The summed E-state index contributed by atoms with van der Waals surface area (Å²) in [4.78, 5) is 65.9. The van der Waals surface area contributed by atoms with Gasteiger partial charge in [-0.1, -0.05) is 18.2 Å². The van der Waals surface area contributed by atoms with Crippen LogP contribution in [-0.4, -0.2) is 48.9 Å². The fourth-order valence-corrected chi connectivity index (χ4v) is 5.90. The van der Waals surface area contributed by atoms with Gasteiger partial charge in [0, 0.05) is 33.7 Å². The van der Waals surface area contributed by atoms with Crippen LogP contribution in [-0.2, 0) is 14.4 Å². The van der Waals surface area contributed by atoms with Gasteiger partial charge in [-0.2, -0.15) is 0 Å². The minimum absolute atomic E-state index is 0.0272. The number of carbonyl (C=O) groups is 5. The first-order valence-electron chi connectivity index (χ1n) is 14.5. The van der Waals surface area contributed by atoms with Crippen molar-refractivity contribution in [2.45, 2.75) is 23.5 Å². The molecule has 1 heterocycles. The summed E-state index contributed by atoms with van der Waals surface area (Å²) in [6, 6.07) is 26.8. The molecule has 0 saturated carbocycles. The van der Waals surface area contributed by atoms with Gasteiger partial charge in [-0.15, -0.1) is 11.8 Å². The maximum absolute atomic E-state index is 13.5. The van der Waals surface area contributed by atoms with Gasteiger partial charge in [-0.25, -0.2) is 4.90 Å². The highest BCUT2D eigenvalue weighted by molar-refractivity contribution is 8.00. The molecule has 5 rings (SSSR count). The van der Waals surface area contributed by atoms with E-state index in [4.69, 9.17) is 9.47 Å². The summed E-state index contributed by atoms with van der Waals surface area (Å²) in [6.45, 7) is 1.45. The average Bonchev–Trinajstić information content (AvgIpc) is 3.36. The number of hydrogen-bond acceptors (Lipinski definition) is 8. The number of rotatable bonds is 11. The van der Waals surface area contributed by atoms with Gasteiger partial charge in [0.25, 0.3) is 11.8 Å². The van der Waals surface area contributed by atoms with Crippen LogP contribution >= 0.6 is 11.8 Å². The molecule has 1 atom stereocenters. The second kappa shape index (κ2) is 14.6. The first kappa shape index (κ1) is 32.7. The van der Waals surface area contributed by atoms with E-state index in [1.807, 2.05) is 0 Å². The highest BCUT2D eigenvalue weighted by Crippen LogP contribution is 2.34. The number of thioether (sulfide) groups is 1. The molecule has 1 aliphatic heterocycles. The lowest BCUT2D eigenvalue weighted by atomic mass is 10.1. The second-order valence-electron chi connectivity index (χ2n) is 10.4. The highest BCUT2D eigenvalue weighted by Gasteiger charge is 2.40. The monoisotopic (exact) mass is 649 g/mol. The molecule has 1 unspecified atom stereocenters. The molecule has 1 aliphatic rings. The van der Waals surface area contributed by atoms with Crippen molar-refractivity contribution in [3.63, 3.8) is 0 Å². The Morgan fingerprint density at radius 1 is 0.851 bits per heavy atom. The number of benzene rings is 4. The van der Waals surface area contributed by atoms with Crippen LogP contribution in [0.4, 0.5) is 11.4 Å². The molecule has 0 bridgehead atoms. The Morgan fingerprint density at radius 3 is 2.19 bits per heavy atom. The van der Waals surface area contributed by atoms with E-state index >= 15 is 0 Å². The molecule has 47 heavy (non-hydrogen) atoms. The van der Waals surface area contributed by atoms with Crippen molar-refractivity contribution in [1.82, 2.24) is 5.32 Å². The van der Waals surface area contributed by atoms with Gasteiger partial charge in [0.1, 0.15) is 17.2 Å². The van der Waals surface area contributed by atoms with E-state index in [2.05, 4.69) is 10.6 Å². The van der Waals surface area contributed by atoms with E-state index in [9.17, 15) is 24.0 Å². The number of nitrogens with zero attached hydrogens (tertiary/aromatic N) is 1. The Balaban J connectivity index is 1.31. The molecule has 0 radical (unpaired) electrons. The van der Waals surface area contributed by atoms with Gasteiger partial charge >= 0.3 is 0 Å². The van der Waals surface area contributed by atoms with Crippen molar-refractivity contribution in [2.75, 3.05) is 24.4 Å². The Hall–Kier alpha value is -5.68. The number of anilines is 2. The molecule has 4 amide bonds. The van der Waals surface area contributed by atoms with E-state index in [0.717, 1.165) is 9.80 Å². The SMILES string of the molecule is COc1ccc(OC)c(/C=C(\NC(=O)c2ccccc2)C(=O)Nc2ccc(SC3CC(=O)N(c4ccc(C(C)=O)cc4)C3=O)cc2)c1. The molecule has 10 nitrogen and oxygen atoms in total. The van der Waals surface area contributed by atoms with Crippen LogP contribution in [0.3, 0.4) is 0 Å². The van der Waals surface area contributed by atoms with Gasteiger partial charge in [0.2, 0.25) is 11.8 Å². The molecule has 4 aromatic rings. The van der Waals surface area contributed by atoms with Crippen LogP contribution in [0.15, 0.2) is 108 Å². The Labute approximate surface area is 275 Å². The van der Waals surface area contributed by atoms with Crippen molar-refractivity contribution in [2.24, 2.45) is 0 Å². The molecular weight excluding hydrogens is 618 g/mol. The van der Waals surface area contributed by atoms with Gasteiger partial charge in [-0.05, 0) is 91.9 Å². The van der Waals surface area contributed by atoms with Crippen LogP contribution < -0.4 is 25.0 Å². The van der Waals surface area contributed by atoms with Crippen LogP contribution in [0.1, 0.15) is 39.6 Å². The van der Waals surface area contributed by atoms with Crippen molar-refractivity contribution in [1.29, 1.82) is 0 Å². The van der Waals surface area contributed by atoms with Crippen LogP contribution in [0.2, 0.25) is 0 Å². The number of imide groups is 1. The zero-order valence-electron chi connectivity index (χ0n) is 25.8. The third-order valence-corrected chi connectivity index (χ3v) is 8.49. The number of carbonyl (C=O) groups excluding carboxylic acids is 5. The molecular formula is C36H31N3O7S. The fourth-order valence-electron chi connectivity index (χ4n) is 4.84. The van der Waals surface area contributed by atoms with Crippen LogP contribution in [0.5, 0.6) is 11.5 Å². The molecule has 11 heteroatoms. The van der Waals surface area contributed by atoms with Crippen LogP contribution in [0, 0.1) is 0 Å². The quantitative estimate of drug-likeness (QED) is 0.120. The number of hydrogen-bond donors (Lipinski definition) is 2. The van der Waals surface area contributed by atoms with Gasteiger partial charge in [0.05, 0.1) is 25.2 Å². The molecule has 1 saturated heterocycles. The van der Waals surface area contributed by atoms with E-state index in [-0.39, 0.29) is 29.7 Å². The standard InChI is InChI=1S/C36H31N3O7S/c1-22(40)23-9-13-27(14-10-23)39-33(41)21-32(36(39)44)47-29-16-11-26(12-17-29)37-35(43)30(38-34(42)24-7-5-4-6-8-24)20-25-19-28(45-2)15-18-31(25)46-3/h4-20,32H,21H2,1-3H3,(H,37,43)(H,38,42)/b30-20-. The maximum Gasteiger partial charge on any atom is 0.272 e. The Bertz CT molecular complexity index is 1860. The summed E-state index contributed by atoms with van der Waals surface area (Å²) in [5.74, 6) is -0.817. The van der Waals surface area contributed by atoms with Gasteiger partial charge in [-0.3, -0.25) is 24.0 Å². The predicted molar refractivity (Wildman–Crippen MR) is 180 cm³/mol. The number of ketones is 1. The molecule has 1 fully saturated rings. The molecule has 2 N–H and O–H groups in total. The van der Waals surface area contributed by atoms with Gasteiger partial charge < -0.3 is 20.1 Å². The zero-order chi connectivity index (χ0) is 33.5. The third kappa shape index (κ3) is 7.77. The van der Waals surface area contributed by atoms with E-state index in [1.165, 1.54) is 39.0 Å². The zero-order valence-corrected chi connectivity index (χ0v) is 26.6. The Kier molecular flexibility index (Phi) is 10.2. The van der Waals surface area contributed by atoms with Crippen molar-refractivity contribution in [3.8, 4) is 11.5 Å². The Morgan fingerprint density at radius 2 is 1.55 bits per heavy atom. The average molecular weight is 650 g/mol. The number of nitrogens with one attached hydrogen (secondary N) is 2. The van der Waals surface area contributed by atoms with Crippen molar-refractivity contribution < 1.29 is 33.4 Å². The largest absolute Gasteiger partial charge is 0.497 e. The minimum Gasteiger partial charge on any atom is -0.497 e. The lowest BCUT2D eigenvalue weighted by Gasteiger charge is -2.15. The number of ether oxygens (including phenoxy) is 2. The van der Waals surface area contributed by atoms with Crippen molar-refractivity contribution >= 4 is 58.6 Å².